The number of fused-ring (bicyclic) bond motifs is 1. The Labute approximate surface area is 176 Å². The minimum atomic E-state index is -0.835. The number of pyridine rings is 1. The molecule has 0 aliphatic heterocycles. The second-order valence-electron chi connectivity index (χ2n) is 8.23. The standard InChI is InChI=1S/C24H27FN4O/c1-16(25)14-26-21-8-6-17(7-9-21)24(30)13-22-12-20-11-18(4-5-19(20)15-27-22)23-3-2-10-28-29-23/h2-5,10-12,15-17,21,26H,6-9,13-14H2,1H3. The van der Waals surface area contributed by atoms with Crippen LogP contribution in [0.15, 0.2) is 48.8 Å². The van der Waals surface area contributed by atoms with Crippen molar-refractivity contribution in [1.82, 2.24) is 20.5 Å². The molecule has 0 bridgehead atoms. The van der Waals surface area contributed by atoms with E-state index in [4.69, 9.17) is 0 Å². The molecule has 156 valence electrons. The normalized spacial score (nSPS) is 20.2. The number of hydrogen-bond donors (Lipinski definition) is 1. The van der Waals surface area contributed by atoms with Gasteiger partial charge in [0.05, 0.1) is 5.69 Å². The molecule has 3 aromatic rings. The molecule has 1 N–H and O–H groups in total. The number of nitrogens with one attached hydrogen (secondary N) is 1. The quantitative estimate of drug-likeness (QED) is 0.633. The SMILES string of the molecule is CC(F)CNC1CCC(C(=O)Cc2cc3cc(-c4cccnn4)ccc3cn2)CC1. The zero-order valence-corrected chi connectivity index (χ0v) is 17.2. The van der Waals surface area contributed by atoms with Crippen LogP contribution in [0.25, 0.3) is 22.0 Å². The van der Waals surface area contributed by atoms with Crippen molar-refractivity contribution in [3.05, 3.63) is 54.5 Å². The highest BCUT2D eigenvalue weighted by molar-refractivity contribution is 5.88. The molecule has 1 saturated carbocycles. The van der Waals surface area contributed by atoms with E-state index in [2.05, 4.69) is 26.6 Å². The minimum absolute atomic E-state index is 0.0780. The summed E-state index contributed by atoms with van der Waals surface area (Å²) in [6.07, 6.45) is 6.59. The lowest BCUT2D eigenvalue weighted by molar-refractivity contribution is -0.123. The van der Waals surface area contributed by atoms with E-state index in [-0.39, 0.29) is 11.7 Å². The number of alkyl halides is 1. The van der Waals surface area contributed by atoms with Crippen LogP contribution in [0.3, 0.4) is 0 Å². The lowest BCUT2D eigenvalue weighted by Crippen LogP contribution is -2.37. The number of benzene rings is 1. The highest BCUT2D eigenvalue weighted by Crippen LogP contribution is 2.27. The van der Waals surface area contributed by atoms with Crippen LogP contribution in [0.5, 0.6) is 0 Å². The molecule has 30 heavy (non-hydrogen) atoms. The molecule has 1 fully saturated rings. The first-order valence-corrected chi connectivity index (χ1v) is 10.7. The van der Waals surface area contributed by atoms with E-state index in [1.807, 2.05) is 36.5 Å². The molecule has 2 heterocycles. The minimum Gasteiger partial charge on any atom is -0.311 e. The van der Waals surface area contributed by atoms with Crippen LogP contribution in [0.1, 0.15) is 38.3 Å². The summed E-state index contributed by atoms with van der Waals surface area (Å²) in [5, 5.41) is 13.5. The highest BCUT2D eigenvalue weighted by atomic mass is 19.1. The lowest BCUT2D eigenvalue weighted by atomic mass is 9.82. The predicted octanol–water partition coefficient (Wildman–Crippen LogP) is 4.31. The molecule has 1 aliphatic carbocycles. The Morgan fingerprint density at radius 2 is 2.00 bits per heavy atom. The molecule has 6 heteroatoms. The number of ketones is 1. The second-order valence-corrected chi connectivity index (χ2v) is 8.23. The Morgan fingerprint density at radius 1 is 1.17 bits per heavy atom. The first kappa shape index (κ1) is 20.5. The molecule has 0 radical (unpaired) electrons. The van der Waals surface area contributed by atoms with Crippen LogP contribution in [0, 0.1) is 5.92 Å². The van der Waals surface area contributed by atoms with Gasteiger partial charge < -0.3 is 5.32 Å². The average molecular weight is 407 g/mol. The zero-order chi connectivity index (χ0) is 20.9. The fourth-order valence-corrected chi connectivity index (χ4v) is 4.17. The summed E-state index contributed by atoms with van der Waals surface area (Å²) in [7, 11) is 0. The van der Waals surface area contributed by atoms with Crippen molar-refractivity contribution < 1.29 is 9.18 Å². The van der Waals surface area contributed by atoms with Gasteiger partial charge in [-0.15, -0.1) is 0 Å². The van der Waals surface area contributed by atoms with Crippen LogP contribution < -0.4 is 5.32 Å². The van der Waals surface area contributed by atoms with Crippen molar-refractivity contribution in [1.29, 1.82) is 0 Å². The van der Waals surface area contributed by atoms with Gasteiger partial charge in [0.25, 0.3) is 0 Å². The fraction of sp³-hybridized carbons (Fsp3) is 0.417. The number of Topliss-reactive ketones (excluding diaryl/α,β-unsaturated/α-hetero) is 1. The molecule has 0 amide bonds. The van der Waals surface area contributed by atoms with Gasteiger partial charge in [-0.3, -0.25) is 9.78 Å². The summed E-state index contributed by atoms with van der Waals surface area (Å²) in [4.78, 5) is 17.3. The van der Waals surface area contributed by atoms with Crippen LogP contribution in [0.2, 0.25) is 0 Å². The van der Waals surface area contributed by atoms with Crippen LogP contribution >= 0.6 is 0 Å². The molecule has 1 atom stereocenters. The Morgan fingerprint density at radius 3 is 2.73 bits per heavy atom. The summed E-state index contributed by atoms with van der Waals surface area (Å²) in [5.74, 6) is 0.332. The number of halogens is 1. The molecule has 2 aromatic heterocycles. The molecule has 4 rings (SSSR count). The van der Waals surface area contributed by atoms with E-state index in [1.54, 1.807) is 13.1 Å². The van der Waals surface area contributed by atoms with Crippen LogP contribution in [0.4, 0.5) is 4.39 Å². The number of aromatic nitrogens is 3. The number of rotatable bonds is 7. The van der Waals surface area contributed by atoms with Gasteiger partial charge in [0.15, 0.2) is 0 Å². The van der Waals surface area contributed by atoms with Gasteiger partial charge in [0.1, 0.15) is 12.0 Å². The maximum absolute atomic E-state index is 13.0. The molecular formula is C24H27FN4O. The maximum Gasteiger partial charge on any atom is 0.141 e. The van der Waals surface area contributed by atoms with Crippen molar-refractivity contribution in [2.75, 3.05) is 6.54 Å². The Hall–Kier alpha value is -2.73. The van der Waals surface area contributed by atoms with Gasteiger partial charge in [0, 0.05) is 54.0 Å². The zero-order valence-electron chi connectivity index (χ0n) is 17.2. The summed E-state index contributed by atoms with van der Waals surface area (Å²) >= 11 is 0. The van der Waals surface area contributed by atoms with Crippen LogP contribution in [-0.2, 0) is 11.2 Å². The van der Waals surface area contributed by atoms with Gasteiger partial charge in [-0.25, -0.2) is 4.39 Å². The summed E-state index contributed by atoms with van der Waals surface area (Å²) in [6.45, 7) is 1.95. The Bertz CT molecular complexity index is 1000. The van der Waals surface area contributed by atoms with Gasteiger partial charge in [-0.1, -0.05) is 12.1 Å². The smallest absolute Gasteiger partial charge is 0.141 e. The predicted molar refractivity (Wildman–Crippen MR) is 116 cm³/mol. The third kappa shape index (κ3) is 5.05. The fourth-order valence-electron chi connectivity index (χ4n) is 4.17. The van der Waals surface area contributed by atoms with E-state index in [1.165, 1.54) is 0 Å². The lowest BCUT2D eigenvalue weighted by Gasteiger charge is -2.28. The number of carbonyl (C=O) groups is 1. The molecule has 1 aromatic carbocycles. The van der Waals surface area contributed by atoms with Gasteiger partial charge >= 0.3 is 0 Å². The summed E-state index contributed by atoms with van der Waals surface area (Å²) in [5.41, 5.74) is 2.61. The highest BCUT2D eigenvalue weighted by Gasteiger charge is 2.26. The van der Waals surface area contributed by atoms with Gasteiger partial charge in [0.2, 0.25) is 0 Å². The largest absolute Gasteiger partial charge is 0.311 e. The Balaban J connectivity index is 1.40. The van der Waals surface area contributed by atoms with E-state index in [0.29, 0.717) is 19.0 Å². The summed E-state index contributed by atoms with van der Waals surface area (Å²) < 4.78 is 13.0. The molecule has 1 aliphatic rings. The van der Waals surface area contributed by atoms with Crippen molar-refractivity contribution in [3.8, 4) is 11.3 Å². The molecule has 1 unspecified atom stereocenters. The van der Waals surface area contributed by atoms with E-state index in [9.17, 15) is 9.18 Å². The molecule has 0 spiro atoms. The first-order valence-electron chi connectivity index (χ1n) is 10.7. The molecular weight excluding hydrogens is 379 g/mol. The van der Waals surface area contributed by atoms with Crippen molar-refractivity contribution in [2.24, 2.45) is 5.92 Å². The first-order chi connectivity index (χ1) is 14.6. The van der Waals surface area contributed by atoms with Crippen molar-refractivity contribution >= 4 is 16.6 Å². The molecule has 5 nitrogen and oxygen atoms in total. The maximum atomic E-state index is 13.0. The van der Waals surface area contributed by atoms with Crippen LogP contribution in [-0.4, -0.2) is 39.7 Å². The Kier molecular flexibility index (Phi) is 6.43. The molecule has 0 saturated heterocycles. The average Bonchev–Trinajstić information content (AvgIpc) is 2.78. The summed E-state index contributed by atoms with van der Waals surface area (Å²) in [6, 6.07) is 12.2. The third-order valence-electron chi connectivity index (χ3n) is 5.87. The van der Waals surface area contributed by atoms with Gasteiger partial charge in [-0.2, -0.15) is 10.2 Å². The van der Waals surface area contributed by atoms with E-state index in [0.717, 1.165) is 53.4 Å². The second kappa shape index (κ2) is 9.39. The third-order valence-corrected chi connectivity index (χ3v) is 5.87. The van der Waals surface area contributed by atoms with Gasteiger partial charge in [-0.05, 0) is 62.3 Å². The van der Waals surface area contributed by atoms with E-state index >= 15 is 0 Å². The number of carbonyl (C=O) groups excluding carboxylic acids is 1. The van der Waals surface area contributed by atoms with Crippen molar-refractivity contribution in [2.45, 2.75) is 51.2 Å². The topological polar surface area (TPSA) is 67.8 Å². The monoisotopic (exact) mass is 406 g/mol. The van der Waals surface area contributed by atoms with E-state index < -0.39 is 6.17 Å². The van der Waals surface area contributed by atoms with Crippen molar-refractivity contribution in [3.63, 3.8) is 0 Å². The number of nitrogens with zero attached hydrogens (tertiary/aromatic N) is 3. The number of hydrogen-bond acceptors (Lipinski definition) is 5.